The van der Waals surface area contributed by atoms with E-state index in [4.69, 9.17) is 0 Å². The van der Waals surface area contributed by atoms with Crippen LogP contribution in [0.5, 0.6) is 0 Å². The van der Waals surface area contributed by atoms with Crippen molar-refractivity contribution in [3.8, 4) is 0 Å². The molecule has 5 heteroatoms. The third-order valence-corrected chi connectivity index (χ3v) is 4.24. The van der Waals surface area contributed by atoms with Crippen molar-refractivity contribution in [1.29, 1.82) is 0 Å². The highest BCUT2D eigenvalue weighted by molar-refractivity contribution is 5.76. The molecule has 0 saturated carbocycles. The quantitative estimate of drug-likeness (QED) is 0.832. The van der Waals surface area contributed by atoms with Crippen molar-refractivity contribution in [3.63, 3.8) is 0 Å². The predicted octanol–water partition coefficient (Wildman–Crippen LogP) is 0.505. The summed E-state index contributed by atoms with van der Waals surface area (Å²) in [5.41, 5.74) is 0.0113. The maximum Gasteiger partial charge on any atom is 0.222 e. The number of likely N-dealkylation sites (tertiary alicyclic amines) is 1. The van der Waals surface area contributed by atoms with Crippen molar-refractivity contribution in [2.75, 3.05) is 33.7 Å². The largest absolute Gasteiger partial charge is 0.388 e. The molecule has 2 rings (SSSR count). The first-order valence-electron chi connectivity index (χ1n) is 7.77. The van der Waals surface area contributed by atoms with Crippen LogP contribution in [0, 0.1) is 0 Å². The molecule has 1 heterocycles. The number of amides is 1. The number of aryl methyl sites for hydroxylation is 1. The maximum absolute atomic E-state index is 12.3. The lowest BCUT2D eigenvalue weighted by Gasteiger charge is -2.43. The lowest BCUT2D eigenvalue weighted by molar-refractivity contribution is -0.152. The Morgan fingerprint density at radius 2 is 2.05 bits per heavy atom. The van der Waals surface area contributed by atoms with Crippen LogP contribution in [-0.2, 0) is 11.2 Å². The summed E-state index contributed by atoms with van der Waals surface area (Å²) in [5.74, 6) is 0.0369. The highest BCUT2D eigenvalue weighted by Gasteiger charge is 2.41. The van der Waals surface area contributed by atoms with E-state index in [2.05, 4.69) is 0 Å². The number of β-amino-alcohol motifs (C(OH)–C–C–N with tert-alkyl or cyclic N) is 1. The molecule has 22 heavy (non-hydrogen) atoms. The number of benzene rings is 1. The van der Waals surface area contributed by atoms with Gasteiger partial charge in [-0.2, -0.15) is 0 Å². The lowest BCUT2D eigenvalue weighted by Crippen LogP contribution is -2.60. The molecule has 0 unspecified atom stereocenters. The first-order chi connectivity index (χ1) is 10.4. The van der Waals surface area contributed by atoms with Crippen LogP contribution in [-0.4, -0.2) is 71.4 Å². The first-order valence-corrected chi connectivity index (χ1v) is 7.77. The minimum Gasteiger partial charge on any atom is -0.388 e. The molecule has 1 aliphatic rings. The SMILES string of the molecule is CN(C)C[C@@]1(O)CCN(C(=O)CCc2ccccc2)C[C@@H]1O. The fourth-order valence-electron chi connectivity index (χ4n) is 2.98. The summed E-state index contributed by atoms with van der Waals surface area (Å²) < 4.78 is 0. The third kappa shape index (κ3) is 4.29. The van der Waals surface area contributed by atoms with Crippen LogP contribution >= 0.6 is 0 Å². The minimum absolute atomic E-state index is 0.0369. The van der Waals surface area contributed by atoms with E-state index in [0.717, 1.165) is 5.56 Å². The van der Waals surface area contributed by atoms with E-state index in [1.165, 1.54) is 0 Å². The number of hydrogen-bond acceptors (Lipinski definition) is 4. The summed E-state index contributed by atoms with van der Waals surface area (Å²) in [4.78, 5) is 15.8. The molecule has 0 bridgehead atoms. The Bertz CT molecular complexity index is 492. The second-order valence-corrected chi connectivity index (χ2v) is 6.43. The molecule has 0 radical (unpaired) electrons. The Kier molecular flexibility index (Phi) is 5.56. The number of carbonyl (C=O) groups is 1. The second kappa shape index (κ2) is 7.22. The van der Waals surface area contributed by atoms with E-state index in [-0.39, 0.29) is 12.5 Å². The Hall–Kier alpha value is -1.43. The maximum atomic E-state index is 12.3. The molecular formula is C17H26N2O3. The number of carbonyl (C=O) groups excluding carboxylic acids is 1. The number of aliphatic hydroxyl groups excluding tert-OH is 1. The van der Waals surface area contributed by atoms with Gasteiger partial charge < -0.3 is 20.0 Å². The molecule has 1 saturated heterocycles. The predicted molar refractivity (Wildman–Crippen MR) is 85.5 cm³/mol. The van der Waals surface area contributed by atoms with Crippen LogP contribution in [0.15, 0.2) is 30.3 Å². The molecule has 2 N–H and O–H groups in total. The van der Waals surface area contributed by atoms with Gasteiger partial charge in [-0.1, -0.05) is 30.3 Å². The average Bonchev–Trinajstić information content (AvgIpc) is 2.48. The molecule has 1 amide bonds. The van der Waals surface area contributed by atoms with Crippen LogP contribution in [0.25, 0.3) is 0 Å². The molecule has 0 spiro atoms. The monoisotopic (exact) mass is 306 g/mol. The van der Waals surface area contributed by atoms with Crippen LogP contribution in [0.4, 0.5) is 0 Å². The van der Waals surface area contributed by atoms with Gasteiger partial charge in [0.2, 0.25) is 5.91 Å². The smallest absolute Gasteiger partial charge is 0.222 e. The molecule has 1 aliphatic heterocycles. The number of nitrogens with zero attached hydrogens (tertiary/aromatic N) is 2. The lowest BCUT2D eigenvalue weighted by atomic mass is 9.88. The number of hydrogen-bond donors (Lipinski definition) is 2. The van der Waals surface area contributed by atoms with Crippen molar-refractivity contribution in [1.82, 2.24) is 9.80 Å². The van der Waals surface area contributed by atoms with E-state index in [1.54, 1.807) is 4.90 Å². The van der Waals surface area contributed by atoms with E-state index < -0.39 is 11.7 Å². The highest BCUT2D eigenvalue weighted by atomic mass is 16.3. The van der Waals surface area contributed by atoms with Crippen molar-refractivity contribution in [2.45, 2.75) is 31.0 Å². The zero-order valence-electron chi connectivity index (χ0n) is 13.4. The number of likely N-dealkylation sites (N-methyl/N-ethyl adjacent to an activating group) is 1. The van der Waals surface area contributed by atoms with Crippen molar-refractivity contribution in [2.24, 2.45) is 0 Å². The summed E-state index contributed by atoms with van der Waals surface area (Å²) in [6.07, 6.45) is 0.643. The summed E-state index contributed by atoms with van der Waals surface area (Å²) >= 11 is 0. The van der Waals surface area contributed by atoms with Gasteiger partial charge in [0, 0.05) is 26.1 Å². The molecule has 2 atom stereocenters. The fourth-order valence-corrected chi connectivity index (χ4v) is 2.98. The van der Waals surface area contributed by atoms with Gasteiger partial charge in [0.1, 0.15) is 11.7 Å². The Balaban J connectivity index is 1.86. The van der Waals surface area contributed by atoms with Gasteiger partial charge in [0.25, 0.3) is 0 Å². The number of piperidine rings is 1. The molecule has 1 aromatic rings. The van der Waals surface area contributed by atoms with Gasteiger partial charge in [-0.15, -0.1) is 0 Å². The van der Waals surface area contributed by atoms with Gasteiger partial charge in [0.15, 0.2) is 0 Å². The molecule has 1 aromatic carbocycles. The molecule has 122 valence electrons. The average molecular weight is 306 g/mol. The second-order valence-electron chi connectivity index (χ2n) is 6.43. The van der Waals surface area contributed by atoms with E-state index in [9.17, 15) is 15.0 Å². The van der Waals surface area contributed by atoms with Crippen molar-refractivity contribution < 1.29 is 15.0 Å². The van der Waals surface area contributed by atoms with Crippen LogP contribution in [0.3, 0.4) is 0 Å². The third-order valence-electron chi connectivity index (χ3n) is 4.24. The molecular weight excluding hydrogens is 280 g/mol. The Morgan fingerprint density at radius 1 is 1.36 bits per heavy atom. The van der Waals surface area contributed by atoms with E-state index in [0.29, 0.717) is 32.4 Å². The summed E-state index contributed by atoms with van der Waals surface area (Å²) in [6.45, 7) is 1.10. The van der Waals surface area contributed by atoms with Crippen LogP contribution in [0.1, 0.15) is 18.4 Å². The standard InChI is InChI=1S/C17H26N2O3/c1-18(2)13-17(22)10-11-19(12-15(17)20)16(21)9-8-14-6-4-3-5-7-14/h3-7,15,20,22H,8-13H2,1-2H3/t15-,17-/m0/s1. The summed E-state index contributed by atoms with van der Waals surface area (Å²) in [5, 5.41) is 20.7. The summed E-state index contributed by atoms with van der Waals surface area (Å²) in [6, 6.07) is 9.90. The molecule has 0 aromatic heterocycles. The fraction of sp³-hybridized carbons (Fsp3) is 0.588. The van der Waals surface area contributed by atoms with Gasteiger partial charge >= 0.3 is 0 Å². The van der Waals surface area contributed by atoms with Crippen molar-refractivity contribution in [3.05, 3.63) is 35.9 Å². The van der Waals surface area contributed by atoms with Crippen molar-refractivity contribution >= 4 is 5.91 Å². The highest BCUT2D eigenvalue weighted by Crippen LogP contribution is 2.24. The topological polar surface area (TPSA) is 64.0 Å². The van der Waals surface area contributed by atoms with Gasteiger partial charge in [-0.3, -0.25) is 4.79 Å². The Labute approximate surface area is 132 Å². The molecule has 0 aliphatic carbocycles. The van der Waals surface area contributed by atoms with E-state index >= 15 is 0 Å². The minimum atomic E-state index is -1.13. The van der Waals surface area contributed by atoms with Gasteiger partial charge in [0.05, 0.1) is 0 Å². The normalized spacial score (nSPS) is 25.5. The molecule has 1 fully saturated rings. The zero-order chi connectivity index (χ0) is 16.2. The van der Waals surface area contributed by atoms with Gasteiger partial charge in [-0.25, -0.2) is 0 Å². The number of aliphatic hydroxyl groups is 2. The van der Waals surface area contributed by atoms with Gasteiger partial charge in [-0.05, 0) is 32.5 Å². The number of rotatable bonds is 5. The Morgan fingerprint density at radius 3 is 2.64 bits per heavy atom. The first kappa shape index (κ1) is 16.9. The molecule has 5 nitrogen and oxygen atoms in total. The van der Waals surface area contributed by atoms with Crippen LogP contribution in [0.2, 0.25) is 0 Å². The zero-order valence-corrected chi connectivity index (χ0v) is 13.4. The van der Waals surface area contributed by atoms with Crippen LogP contribution < -0.4 is 0 Å². The summed E-state index contributed by atoms with van der Waals surface area (Å²) in [7, 11) is 3.73. The van der Waals surface area contributed by atoms with E-state index in [1.807, 2.05) is 49.3 Å².